The van der Waals surface area contributed by atoms with Gasteiger partial charge < -0.3 is 14.8 Å². The first-order valence-electron chi connectivity index (χ1n) is 8.71. The molecule has 0 saturated carbocycles. The Bertz CT molecular complexity index is 869. The second-order valence-corrected chi connectivity index (χ2v) is 7.80. The molecule has 1 heterocycles. The molecule has 0 bridgehead atoms. The van der Waals surface area contributed by atoms with Crippen LogP contribution in [0.5, 0.6) is 11.5 Å². The lowest BCUT2D eigenvalue weighted by atomic mass is 10.2. The lowest BCUT2D eigenvalue weighted by molar-refractivity contribution is 0.269. The predicted octanol–water partition coefficient (Wildman–Crippen LogP) is 6.32. The van der Waals surface area contributed by atoms with Gasteiger partial charge in [0.1, 0.15) is 6.61 Å². The van der Waals surface area contributed by atoms with Crippen molar-refractivity contribution in [2.75, 3.05) is 6.61 Å². The minimum atomic E-state index is 0.353. The van der Waals surface area contributed by atoms with Crippen molar-refractivity contribution < 1.29 is 9.47 Å². The fourth-order valence-corrected chi connectivity index (χ4v) is 3.72. The number of nitrogens with one attached hydrogen (secondary N) is 1. The molecule has 1 N–H and O–H groups in total. The molecule has 27 heavy (non-hydrogen) atoms. The Labute approximate surface area is 173 Å². The third-order valence-electron chi connectivity index (χ3n) is 3.91. The summed E-state index contributed by atoms with van der Waals surface area (Å²) in [5, 5.41) is 6.74. The Morgan fingerprint density at radius 3 is 2.59 bits per heavy atom. The Hall–Kier alpha value is -1.72. The highest BCUT2D eigenvalue weighted by molar-refractivity contribution is 7.09. The summed E-state index contributed by atoms with van der Waals surface area (Å²) in [6.07, 6.45) is 0. The molecule has 0 amide bonds. The van der Waals surface area contributed by atoms with E-state index in [0.29, 0.717) is 29.0 Å². The molecule has 3 nitrogen and oxygen atoms in total. The van der Waals surface area contributed by atoms with Crippen LogP contribution < -0.4 is 14.8 Å². The number of rotatable bonds is 9. The number of hydrogen-bond donors (Lipinski definition) is 1. The largest absolute Gasteiger partial charge is 0.490 e. The highest BCUT2D eigenvalue weighted by Gasteiger charge is 2.09. The summed E-state index contributed by atoms with van der Waals surface area (Å²) < 4.78 is 11.7. The van der Waals surface area contributed by atoms with Crippen molar-refractivity contribution in [1.29, 1.82) is 0 Å². The first-order valence-corrected chi connectivity index (χ1v) is 10.3. The summed E-state index contributed by atoms with van der Waals surface area (Å²) in [6.45, 7) is 4.51. The van der Waals surface area contributed by atoms with E-state index in [-0.39, 0.29) is 0 Å². The van der Waals surface area contributed by atoms with Crippen molar-refractivity contribution in [3.8, 4) is 11.5 Å². The summed E-state index contributed by atoms with van der Waals surface area (Å²) in [6, 6.07) is 15.6. The molecule has 0 aliphatic rings. The van der Waals surface area contributed by atoms with Crippen LogP contribution in [0.25, 0.3) is 0 Å². The van der Waals surface area contributed by atoms with Crippen LogP contribution in [0.1, 0.15) is 22.9 Å². The Morgan fingerprint density at radius 2 is 1.85 bits per heavy atom. The van der Waals surface area contributed by atoms with Crippen molar-refractivity contribution in [3.63, 3.8) is 0 Å². The predicted molar refractivity (Wildman–Crippen MR) is 113 cm³/mol. The van der Waals surface area contributed by atoms with Gasteiger partial charge in [-0.2, -0.15) is 0 Å². The minimum Gasteiger partial charge on any atom is -0.490 e. The van der Waals surface area contributed by atoms with Gasteiger partial charge in [0.15, 0.2) is 11.5 Å². The summed E-state index contributed by atoms with van der Waals surface area (Å²) in [5.41, 5.74) is 2.03. The first kappa shape index (κ1) is 20.0. The van der Waals surface area contributed by atoms with E-state index in [1.165, 1.54) is 4.88 Å². The van der Waals surface area contributed by atoms with Crippen LogP contribution in [0, 0.1) is 0 Å². The molecule has 0 radical (unpaired) electrons. The standard InChI is InChI=1S/C21H21Cl2NO2S/c1-2-25-21-10-15(12-24-13-18-4-3-9-27-18)5-8-20(21)26-14-16-6-7-17(22)11-19(16)23/h3-11,24H,2,12-14H2,1H3. The molecule has 0 aliphatic heterocycles. The topological polar surface area (TPSA) is 30.5 Å². The van der Waals surface area contributed by atoms with E-state index < -0.39 is 0 Å². The van der Waals surface area contributed by atoms with Gasteiger partial charge in [-0.15, -0.1) is 11.3 Å². The molecule has 2 aromatic carbocycles. The second kappa shape index (κ2) is 10.00. The molecule has 0 spiro atoms. The Morgan fingerprint density at radius 1 is 0.963 bits per heavy atom. The van der Waals surface area contributed by atoms with Crippen molar-refractivity contribution in [2.24, 2.45) is 0 Å². The third kappa shape index (κ3) is 5.88. The van der Waals surface area contributed by atoms with Gasteiger partial charge in [0.25, 0.3) is 0 Å². The number of hydrogen-bond acceptors (Lipinski definition) is 4. The fourth-order valence-electron chi connectivity index (χ4n) is 2.59. The Kier molecular flexibility index (Phi) is 7.41. The van der Waals surface area contributed by atoms with Crippen molar-refractivity contribution in [1.82, 2.24) is 5.32 Å². The molecule has 0 aliphatic carbocycles. The zero-order valence-corrected chi connectivity index (χ0v) is 17.3. The molecule has 0 unspecified atom stereocenters. The van der Waals surface area contributed by atoms with E-state index in [1.807, 2.05) is 31.2 Å². The van der Waals surface area contributed by atoms with E-state index in [9.17, 15) is 0 Å². The molecule has 0 fully saturated rings. The SMILES string of the molecule is CCOc1cc(CNCc2cccs2)ccc1OCc1ccc(Cl)cc1Cl. The lowest BCUT2D eigenvalue weighted by Crippen LogP contribution is -2.12. The molecule has 1 aromatic heterocycles. The average molecular weight is 422 g/mol. The second-order valence-electron chi connectivity index (χ2n) is 5.92. The molecule has 3 rings (SSSR count). The van der Waals surface area contributed by atoms with E-state index in [1.54, 1.807) is 23.5 Å². The number of ether oxygens (including phenoxy) is 2. The molecule has 3 aromatic rings. The van der Waals surface area contributed by atoms with Crippen molar-refractivity contribution in [3.05, 3.63) is 80.0 Å². The van der Waals surface area contributed by atoms with Crippen LogP contribution in [0.2, 0.25) is 10.0 Å². The average Bonchev–Trinajstić information content (AvgIpc) is 3.16. The number of benzene rings is 2. The monoisotopic (exact) mass is 421 g/mol. The van der Waals surface area contributed by atoms with E-state index >= 15 is 0 Å². The highest BCUT2D eigenvalue weighted by Crippen LogP contribution is 2.30. The molecule has 6 heteroatoms. The normalized spacial score (nSPS) is 10.8. The summed E-state index contributed by atoms with van der Waals surface area (Å²) in [4.78, 5) is 1.32. The highest BCUT2D eigenvalue weighted by atomic mass is 35.5. The first-order chi connectivity index (χ1) is 13.2. The van der Waals surface area contributed by atoms with Gasteiger partial charge in [-0.05, 0) is 48.2 Å². The van der Waals surface area contributed by atoms with Crippen LogP contribution in [0.15, 0.2) is 53.9 Å². The summed E-state index contributed by atoms with van der Waals surface area (Å²) >= 11 is 13.9. The lowest BCUT2D eigenvalue weighted by Gasteiger charge is -2.14. The molecular weight excluding hydrogens is 401 g/mol. The maximum absolute atomic E-state index is 6.22. The molecule has 0 saturated heterocycles. The number of thiophene rings is 1. The van der Waals surface area contributed by atoms with Gasteiger partial charge in [0.2, 0.25) is 0 Å². The van der Waals surface area contributed by atoms with Crippen LogP contribution in [-0.4, -0.2) is 6.61 Å². The smallest absolute Gasteiger partial charge is 0.161 e. The fraction of sp³-hybridized carbons (Fsp3) is 0.238. The summed E-state index contributed by atoms with van der Waals surface area (Å²) in [5.74, 6) is 1.43. The van der Waals surface area contributed by atoms with Crippen LogP contribution in [0.3, 0.4) is 0 Å². The molecule has 142 valence electrons. The van der Waals surface area contributed by atoms with Crippen LogP contribution in [-0.2, 0) is 19.7 Å². The quantitative estimate of drug-likeness (QED) is 0.438. The van der Waals surface area contributed by atoms with Gasteiger partial charge >= 0.3 is 0 Å². The van der Waals surface area contributed by atoms with Gasteiger partial charge in [-0.1, -0.05) is 41.4 Å². The van der Waals surface area contributed by atoms with Crippen LogP contribution in [0.4, 0.5) is 0 Å². The third-order valence-corrected chi connectivity index (χ3v) is 5.38. The van der Waals surface area contributed by atoms with Crippen molar-refractivity contribution >= 4 is 34.5 Å². The van der Waals surface area contributed by atoms with E-state index in [2.05, 4.69) is 22.8 Å². The van der Waals surface area contributed by atoms with Gasteiger partial charge in [-0.25, -0.2) is 0 Å². The van der Waals surface area contributed by atoms with Gasteiger partial charge in [0, 0.05) is 33.6 Å². The van der Waals surface area contributed by atoms with Crippen molar-refractivity contribution in [2.45, 2.75) is 26.6 Å². The Balaban J connectivity index is 1.63. The molecule has 0 atom stereocenters. The maximum Gasteiger partial charge on any atom is 0.161 e. The zero-order chi connectivity index (χ0) is 19.1. The van der Waals surface area contributed by atoms with Crippen LogP contribution >= 0.6 is 34.5 Å². The maximum atomic E-state index is 6.22. The van der Waals surface area contributed by atoms with Gasteiger partial charge in [0.05, 0.1) is 6.61 Å². The number of halogens is 2. The molecular formula is C21H21Cl2NO2S. The van der Waals surface area contributed by atoms with E-state index in [4.69, 9.17) is 32.7 Å². The van der Waals surface area contributed by atoms with Gasteiger partial charge in [-0.3, -0.25) is 0 Å². The minimum absolute atomic E-state index is 0.353. The summed E-state index contributed by atoms with van der Waals surface area (Å²) in [7, 11) is 0. The van der Waals surface area contributed by atoms with E-state index in [0.717, 1.165) is 30.0 Å². The zero-order valence-electron chi connectivity index (χ0n) is 15.0.